The van der Waals surface area contributed by atoms with Crippen molar-refractivity contribution in [2.45, 2.75) is 46.7 Å². The van der Waals surface area contributed by atoms with E-state index in [1.807, 2.05) is 0 Å². The highest BCUT2D eigenvalue weighted by Crippen LogP contribution is 2.22. The third-order valence-corrected chi connectivity index (χ3v) is 3.49. The van der Waals surface area contributed by atoms with Crippen molar-refractivity contribution in [1.82, 2.24) is 15.2 Å². The van der Waals surface area contributed by atoms with Gasteiger partial charge in [-0.3, -0.25) is 0 Å². The highest BCUT2D eigenvalue weighted by atomic mass is 15.2. The van der Waals surface area contributed by atoms with E-state index in [9.17, 15) is 0 Å². The Hall–Kier alpha value is -1.13. The minimum Gasteiger partial charge on any atom is -0.358 e. The normalized spacial score (nSPS) is 12.0. The fraction of sp³-hybridized carbons (Fsp3) is 0.706. The van der Waals surface area contributed by atoms with Crippen LogP contribution in [0, 0.1) is 13.8 Å². The van der Waals surface area contributed by atoms with Gasteiger partial charge in [-0.05, 0) is 60.3 Å². The van der Waals surface area contributed by atoms with E-state index in [0.29, 0.717) is 0 Å². The zero-order chi connectivity index (χ0) is 16.2. The summed E-state index contributed by atoms with van der Waals surface area (Å²) in [7, 11) is 6.33. The monoisotopic (exact) mass is 292 g/mol. The second kappa shape index (κ2) is 7.23. The molecule has 1 N–H and O–H groups in total. The summed E-state index contributed by atoms with van der Waals surface area (Å²) in [5.41, 5.74) is 3.80. The van der Waals surface area contributed by atoms with Gasteiger partial charge < -0.3 is 15.1 Å². The maximum Gasteiger partial charge on any atom is 0.133 e. The first-order valence-corrected chi connectivity index (χ1v) is 7.68. The van der Waals surface area contributed by atoms with Crippen molar-refractivity contribution < 1.29 is 0 Å². The van der Waals surface area contributed by atoms with Crippen molar-refractivity contribution in [2.75, 3.05) is 39.1 Å². The first-order chi connectivity index (χ1) is 9.60. The number of pyridine rings is 1. The Morgan fingerprint density at radius 1 is 1.10 bits per heavy atom. The standard InChI is InChI=1S/C17H32N4/c1-13-11-14(2)19-16(21(8)10-9-20(6)7)15(13)12-18-17(3,4)5/h11,18H,9-10,12H2,1-8H3. The molecule has 0 bridgehead atoms. The first kappa shape index (κ1) is 17.9. The average molecular weight is 292 g/mol. The first-order valence-electron chi connectivity index (χ1n) is 7.68. The van der Waals surface area contributed by atoms with Crippen LogP contribution in [0.1, 0.15) is 37.6 Å². The van der Waals surface area contributed by atoms with E-state index in [2.05, 4.69) is 76.9 Å². The molecular formula is C17H32N4. The van der Waals surface area contributed by atoms with Gasteiger partial charge in [0.15, 0.2) is 0 Å². The topological polar surface area (TPSA) is 31.4 Å². The van der Waals surface area contributed by atoms with E-state index >= 15 is 0 Å². The van der Waals surface area contributed by atoms with Gasteiger partial charge in [-0.25, -0.2) is 4.98 Å². The minimum atomic E-state index is 0.108. The lowest BCUT2D eigenvalue weighted by Gasteiger charge is -2.27. The van der Waals surface area contributed by atoms with Crippen LogP contribution in [0.25, 0.3) is 0 Å². The van der Waals surface area contributed by atoms with E-state index in [1.165, 1.54) is 11.1 Å². The number of nitrogens with one attached hydrogen (secondary N) is 1. The SMILES string of the molecule is Cc1cc(C)c(CNC(C)(C)C)c(N(C)CCN(C)C)n1. The lowest BCUT2D eigenvalue weighted by Crippen LogP contribution is -2.36. The molecule has 4 nitrogen and oxygen atoms in total. The van der Waals surface area contributed by atoms with E-state index in [-0.39, 0.29) is 5.54 Å². The molecule has 1 rings (SSSR count). The smallest absolute Gasteiger partial charge is 0.133 e. The van der Waals surface area contributed by atoms with Crippen LogP contribution in [-0.4, -0.2) is 49.7 Å². The summed E-state index contributed by atoms with van der Waals surface area (Å²) in [6, 6.07) is 2.17. The fourth-order valence-corrected chi connectivity index (χ4v) is 2.19. The molecule has 1 aromatic heterocycles. The number of anilines is 1. The molecule has 0 radical (unpaired) electrons. The lowest BCUT2D eigenvalue weighted by molar-refractivity contribution is 0.414. The van der Waals surface area contributed by atoms with E-state index < -0.39 is 0 Å². The average Bonchev–Trinajstić information content (AvgIpc) is 2.32. The molecule has 0 atom stereocenters. The Morgan fingerprint density at radius 3 is 2.24 bits per heavy atom. The molecule has 1 aromatic rings. The zero-order valence-corrected chi connectivity index (χ0v) is 15.0. The highest BCUT2D eigenvalue weighted by Gasteiger charge is 2.16. The summed E-state index contributed by atoms with van der Waals surface area (Å²) in [5.74, 6) is 1.10. The Bertz CT molecular complexity index is 461. The maximum absolute atomic E-state index is 4.78. The van der Waals surface area contributed by atoms with Crippen molar-refractivity contribution in [3.63, 3.8) is 0 Å². The Kier molecular flexibility index (Phi) is 6.17. The number of hydrogen-bond acceptors (Lipinski definition) is 4. The number of aromatic nitrogens is 1. The summed E-state index contributed by atoms with van der Waals surface area (Å²) in [5, 5.41) is 3.58. The summed E-state index contributed by atoms with van der Waals surface area (Å²) in [4.78, 5) is 9.24. The molecule has 0 spiro atoms. The molecule has 1 heterocycles. The predicted molar refractivity (Wildman–Crippen MR) is 92.1 cm³/mol. The quantitative estimate of drug-likeness (QED) is 0.873. The molecule has 0 saturated carbocycles. The largest absolute Gasteiger partial charge is 0.358 e. The van der Waals surface area contributed by atoms with Crippen molar-refractivity contribution in [1.29, 1.82) is 0 Å². The Balaban J connectivity index is 2.99. The van der Waals surface area contributed by atoms with Crippen molar-refractivity contribution in [2.24, 2.45) is 0 Å². The molecule has 21 heavy (non-hydrogen) atoms. The van der Waals surface area contributed by atoms with Crippen LogP contribution in [0.3, 0.4) is 0 Å². The molecule has 0 aliphatic rings. The van der Waals surface area contributed by atoms with Crippen molar-refractivity contribution >= 4 is 5.82 Å². The second-order valence-corrected chi connectivity index (χ2v) is 7.21. The van der Waals surface area contributed by atoms with Crippen molar-refractivity contribution in [3.05, 3.63) is 22.9 Å². The van der Waals surface area contributed by atoms with E-state index in [1.54, 1.807) is 0 Å². The van der Waals surface area contributed by atoms with Crippen LogP contribution in [0.4, 0.5) is 5.82 Å². The van der Waals surface area contributed by atoms with Gasteiger partial charge in [0.1, 0.15) is 5.82 Å². The third-order valence-electron chi connectivity index (χ3n) is 3.49. The molecule has 0 fully saturated rings. The van der Waals surface area contributed by atoms with E-state index in [0.717, 1.165) is 31.1 Å². The van der Waals surface area contributed by atoms with Gasteiger partial charge in [-0.1, -0.05) is 0 Å². The minimum absolute atomic E-state index is 0.108. The maximum atomic E-state index is 4.78. The zero-order valence-electron chi connectivity index (χ0n) is 15.0. The van der Waals surface area contributed by atoms with Gasteiger partial charge >= 0.3 is 0 Å². The summed E-state index contributed by atoms with van der Waals surface area (Å²) < 4.78 is 0. The number of aryl methyl sites for hydroxylation is 2. The second-order valence-electron chi connectivity index (χ2n) is 7.21. The van der Waals surface area contributed by atoms with Gasteiger partial charge in [0.05, 0.1) is 0 Å². The van der Waals surface area contributed by atoms with Gasteiger partial charge in [0, 0.05) is 43.5 Å². The van der Waals surface area contributed by atoms with Crippen molar-refractivity contribution in [3.8, 4) is 0 Å². The molecule has 0 aliphatic carbocycles. The number of rotatable bonds is 6. The fourth-order valence-electron chi connectivity index (χ4n) is 2.19. The summed E-state index contributed by atoms with van der Waals surface area (Å²) in [6.45, 7) is 13.7. The van der Waals surface area contributed by atoms with E-state index in [4.69, 9.17) is 4.98 Å². The van der Waals surface area contributed by atoms with Gasteiger partial charge in [0.2, 0.25) is 0 Å². The van der Waals surface area contributed by atoms with Crippen LogP contribution in [0.2, 0.25) is 0 Å². The molecule has 4 heteroatoms. The van der Waals surface area contributed by atoms with Crippen LogP contribution < -0.4 is 10.2 Å². The lowest BCUT2D eigenvalue weighted by atomic mass is 10.1. The van der Waals surface area contributed by atoms with Gasteiger partial charge in [-0.15, -0.1) is 0 Å². The number of nitrogens with zero attached hydrogens (tertiary/aromatic N) is 3. The summed E-state index contributed by atoms with van der Waals surface area (Å²) >= 11 is 0. The molecule has 0 amide bonds. The third kappa shape index (κ3) is 6.02. The van der Waals surface area contributed by atoms with Crippen LogP contribution >= 0.6 is 0 Å². The van der Waals surface area contributed by atoms with Crippen LogP contribution in [-0.2, 0) is 6.54 Å². The molecule has 0 unspecified atom stereocenters. The molecule has 0 saturated heterocycles. The number of hydrogen-bond donors (Lipinski definition) is 1. The van der Waals surface area contributed by atoms with Crippen LogP contribution in [0.15, 0.2) is 6.07 Å². The molecule has 0 aromatic carbocycles. The van der Waals surface area contributed by atoms with Crippen LogP contribution in [0.5, 0.6) is 0 Å². The molecule has 120 valence electrons. The van der Waals surface area contributed by atoms with Gasteiger partial charge in [0.25, 0.3) is 0 Å². The Morgan fingerprint density at radius 2 is 1.71 bits per heavy atom. The summed E-state index contributed by atoms with van der Waals surface area (Å²) in [6.07, 6.45) is 0. The molecule has 0 aliphatic heterocycles. The predicted octanol–water partition coefficient (Wildman–Crippen LogP) is 2.58. The Labute approximate surface area is 130 Å². The van der Waals surface area contributed by atoms with Gasteiger partial charge in [-0.2, -0.15) is 0 Å². The number of likely N-dealkylation sites (N-methyl/N-ethyl adjacent to an activating group) is 2. The highest BCUT2D eigenvalue weighted by molar-refractivity contribution is 5.51. The molecular weight excluding hydrogens is 260 g/mol.